The van der Waals surface area contributed by atoms with E-state index in [1.165, 1.54) is 10.5 Å². The monoisotopic (exact) mass is 318 g/mol. The summed E-state index contributed by atoms with van der Waals surface area (Å²) in [6, 6.07) is 15.1. The van der Waals surface area contributed by atoms with Crippen LogP contribution in [0.3, 0.4) is 0 Å². The molecule has 2 heterocycles. The van der Waals surface area contributed by atoms with Gasteiger partial charge in [-0.3, -0.25) is 19.5 Å². The van der Waals surface area contributed by atoms with Gasteiger partial charge >= 0.3 is 0 Å². The molecule has 2 aromatic rings. The van der Waals surface area contributed by atoms with E-state index >= 15 is 0 Å². The molecular formula is C20H18N2O2. The van der Waals surface area contributed by atoms with E-state index in [1.54, 1.807) is 24.3 Å². The summed E-state index contributed by atoms with van der Waals surface area (Å²) in [6.07, 6.45) is 0.856. The number of rotatable bonds is 2. The molecular weight excluding hydrogens is 300 g/mol. The number of imide groups is 1. The third-order valence-electron chi connectivity index (χ3n) is 4.58. The van der Waals surface area contributed by atoms with Gasteiger partial charge in [0.1, 0.15) is 0 Å². The number of nitrogens with zero attached hydrogens (tertiary/aromatic N) is 2. The standard InChI is InChI=1S/C20H18N2O2/c1-20(2)11-13-7-3-4-8-14(13)17(21-20)12-22-18(23)15-9-5-6-10-16(15)19(22)24/h3-10H,11-12H2,1-2H3. The summed E-state index contributed by atoms with van der Waals surface area (Å²) in [5, 5.41) is 0. The Morgan fingerprint density at radius 1 is 0.917 bits per heavy atom. The summed E-state index contributed by atoms with van der Waals surface area (Å²) in [7, 11) is 0. The zero-order valence-corrected chi connectivity index (χ0v) is 13.7. The Labute approximate surface area is 140 Å². The van der Waals surface area contributed by atoms with Crippen LogP contribution in [0.2, 0.25) is 0 Å². The lowest BCUT2D eigenvalue weighted by Crippen LogP contribution is -2.39. The molecule has 0 radical (unpaired) electrons. The molecule has 0 spiro atoms. The largest absolute Gasteiger partial charge is 0.281 e. The summed E-state index contributed by atoms with van der Waals surface area (Å²) < 4.78 is 0. The van der Waals surface area contributed by atoms with E-state index in [4.69, 9.17) is 4.99 Å². The van der Waals surface area contributed by atoms with Crippen LogP contribution in [0, 0.1) is 0 Å². The fourth-order valence-corrected chi connectivity index (χ4v) is 3.54. The lowest BCUT2D eigenvalue weighted by molar-refractivity contribution is 0.0677. The van der Waals surface area contributed by atoms with Gasteiger partial charge in [-0.25, -0.2) is 0 Å². The number of hydrogen-bond donors (Lipinski definition) is 0. The van der Waals surface area contributed by atoms with E-state index in [9.17, 15) is 9.59 Å². The molecule has 0 fully saturated rings. The minimum Gasteiger partial charge on any atom is -0.281 e. The Bertz CT molecular complexity index is 861. The highest BCUT2D eigenvalue weighted by molar-refractivity contribution is 6.23. The second-order valence-electron chi connectivity index (χ2n) is 6.95. The number of benzene rings is 2. The van der Waals surface area contributed by atoms with E-state index < -0.39 is 0 Å². The van der Waals surface area contributed by atoms with Crippen LogP contribution in [0.15, 0.2) is 53.5 Å². The van der Waals surface area contributed by atoms with E-state index in [2.05, 4.69) is 19.9 Å². The first-order valence-electron chi connectivity index (χ1n) is 8.08. The smallest absolute Gasteiger partial charge is 0.261 e. The molecule has 0 saturated carbocycles. The predicted molar refractivity (Wildman–Crippen MR) is 92.6 cm³/mol. The number of carbonyl (C=O) groups is 2. The summed E-state index contributed by atoms with van der Waals surface area (Å²) in [5.74, 6) is -0.474. The van der Waals surface area contributed by atoms with Gasteiger partial charge in [0, 0.05) is 5.56 Å². The van der Waals surface area contributed by atoms with Gasteiger partial charge in [0.15, 0.2) is 0 Å². The Morgan fingerprint density at radius 2 is 1.46 bits per heavy atom. The second kappa shape index (κ2) is 5.13. The third kappa shape index (κ3) is 2.26. The predicted octanol–water partition coefficient (Wildman–Crippen LogP) is 3.11. The van der Waals surface area contributed by atoms with Gasteiger partial charge in [-0.1, -0.05) is 36.4 Å². The van der Waals surface area contributed by atoms with Gasteiger partial charge in [0.25, 0.3) is 11.8 Å². The number of fused-ring (bicyclic) bond motifs is 2. The van der Waals surface area contributed by atoms with Gasteiger partial charge in [0.2, 0.25) is 0 Å². The summed E-state index contributed by atoms with van der Waals surface area (Å²) in [6.45, 7) is 4.36. The van der Waals surface area contributed by atoms with Gasteiger partial charge in [-0.2, -0.15) is 0 Å². The molecule has 4 rings (SSSR count). The molecule has 0 unspecified atom stereocenters. The van der Waals surface area contributed by atoms with Crippen LogP contribution < -0.4 is 0 Å². The maximum absolute atomic E-state index is 12.6. The van der Waals surface area contributed by atoms with Gasteiger partial charge in [-0.05, 0) is 38.0 Å². The topological polar surface area (TPSA) is 49.7 Å². The normalized spacial score (nSPS) is 18.2. The van der Waals surface area contributed by atoms with Crippen LogP contribution in [0.25, 0.3) is 0 Å². The van der Waals surface area contributed by atoms with Crippen LogP contribution in [0.1, 0.15) is 45.7 Å². The first-order valence-corrected chi connectivity index (χ1v) is 8.08. The Hall–Kier alpha value is -2.75. The van der Waals surface area contributed by atoms with Crippen molar-refractivity contribution in [2.45, 2.75) is 25.8 Å². The van der Waals surface area contributed by atoms with Crippen molar-refractivity contribution >= 4 is 17.5 Å². The average Bonchev–Trinajstić information content (AvgIpc) is 2.79. The number of aliphatic imine (C=N–C) groups is 1. The lowest BCUT2D eigenvalue weighted by Gasteiger charge is -2.30. The van der Waals surface area contributed by atoms with Crippen molar-refractivity contribution in [1.29, 1.82) is 0 Å². The lowest BCUT2D eigenvalue weighted by atomic mass is 9.87. The Balaban J connectivity index is 1.72. The van der Waals surface area contributed by atoms with Crippen LogP contribution >= 0.6 is 0 Å². The van der Waals surface area contributed by atoms with E-state index in [0.29, 0.717) is 11.1 Å². The van der Waals surface area contributed by atoms with Crippen molar-refractivity contribution in [2.24, 2.45) is 4.99 Å². The molecule has 0 N–H and O–H groups in total. The van der Waals surface area contributed by atoms with Crippen LogP contribution in [0.5, 0.6) is 0 Å². The summed E-state index contributed by atoms with van der Waals surface area (Å²) >= 11 is 0. The van der Waals surface area contributed by atoms with Crippen LogP contribution in [-0.2, 0) is 6.42 Å². The van der Waals surface area contributed by atoms with E-state index in [1.807, 2.05) is 18.2 Å². The molecule has 2 amide bonds. The zero-order valence-electron chi connectivity index (χ0n) is 13.7. The number of carbonyl (C=O) groups excluding carboxylic acids is 2. The minimum absolute atomic E-state index is 0.215. The molecule has 0 aromatic heterocycles. The molecule has 0 saturated heterocycles. The fourth-order valence-electron chi connectivity index (χ4n) is 3.54. The van der Waals surface area contributed by atoms with Crippen molar-refractivity contribution in [1.82, 2.24) is 4.90 Å². The van der Waals surface area contributed by atoms with Crippen molar-refractivity contribution in [2.75, 3.05) is 6.54 Å². The molecule has 4 nitrogen and oxygen atoms in total. The Morgan fingerprint density at radius 3 is 2.08 bits per heavy atom. The molecule has 120 valence electrons. The zero-order chi connectivity index (χ0) is 16.9. The highest BCUT2D eigenvalue weighted by atomic mass is 16.2. The molecule has 24 heavy (non-hydrogen) atoms. The first kappa shape index (κ1) is 14.8. The van der Waals surface area contributed by atoms with Gasteiger partial charge in [0.05, 0.1) is 28.9 Å². The molecule has 4 heteroatoms. The molecule has 2 aliphatic heterocycles. The first-order chi connectivity index (χ1) is 11.5. The third-order valence-corrected chi connectivity index (χ3v) is 4.58. The molecule has 0 atom stereocenters. The molecule has 2 aromatic carbocycles. The second-order valence-corrected chi connectivity index (χ2v) is 6.95. The van der Waals surface area contributed by atoms with Crippen molar-refractivity contribution in [3.63, 3.8) is 0 Å². The van der Waals surface area contributed by atoms with Crippen LogP contribution in [-0.4, -0.2) is 34.5 Å². The van der Waals surface area contributed by atoms with Crippen molar-refractivity contribution in [3.05, 3.63) is 70.8 Å². The van der Waals surface area contributed by atoms with Gasteiger partial charge < -0.3 is 0 Å². The molecule has 0 bridgehead atoms. The van der Waals surface area contributed by atoms with Gasteiger partial charge in [-0.15, -0.1) is 0 Å². The number of hydrogen-bond acceptors (Lipinski definition) is 3. The fraction of sp³-hybridized carbons (Fsp3) is 0.250. The number of amides is 2. The highest BCUT2D eigenvalue weighted by Crippen LogP contribution is 2.29. The quantitative estimate of drug-likeness (QED) is 0.799. The highest BCUT2D eigenvalue weighted by Gasteiger charge is 2.37. The SMILES string of the molecule is CC1(C)Cc2ccccc2C(CN2C(=O)c3ccccc3C2=O)=N1. The maximum Gasteiger partial charge on any atom is 0.261 e. The maximum atomic E-state index is 12.6. The molecule has 0 aliphatic carbocycles. The Kier molecular flexibility index (Phi) is 3.17. The summed E-state index contributed by atoms with van der Waals surface area (Å²) in [5.41, 5.74) is 3.77. The average molecular weight is 318 g/mol. The van der Waals surface area contributed by atoms with E-state index in [0.717, 1.165) is 17.7 Å². The summed E-state index contributed by atoms with van der Waals surface area (Å²) in [4.78, 5) is 31.3. The van der Waals surface area contributed by atoms with E-state index in [-0.39, 0.29) is 23.9 Å². The van der Waals surface area contributed by atoms with Crippen LogP contribution in [0.4, 0.5) is 0 Å². The van der Waals surface area contributed by atoms with Crippen molar-refractivity contribution in [3.8, 4) is 0 Å². The minimum atomic E-state index is -0.237. The van der Waals surface area contributed by atoms with Crippen molar-refractivity contribution < 1.29 is 9.59 Å². The molecule has 2 aliphatic rings.